The van der Waals surface area contributed by atoms with E-state index in [0.717, 1.165) is 32.4 Å². The molecule has 1 aliphatic heterocycles. The lowest BCUT2D eigenvalue weighted by molar-refractivity contribution is -0.143. The van der Waals surface area contributed by atoms with Gasteiger partial charge in [-0.15, -0.1) is 0 Å². The number of carboxylic acids is 1. The Hall–Kier alpha value is -1.35. The molecule has 1 aromatic rings. The molecule has 0 bridgehead atoms. The number of nitrogens with zero attached hydrogens (tertiary/aromatic N) is 1. The lowest BCUT2D eigenvalue weighted by atomic mass is 9.90. The van der Waals surface area contributed by atoms with E-state index < -0.39 is 5.97 Å². The zero-order chi connectivity index (χ0) is 13.0. The highest BCUT2D eigenvalue weighted by molar-refractivity contribution is 5.72. The van der Waals surface area contributed by atoms with Crippen LogP contribution < -0.4 is 0 Å². The third kappa shape index (κ3) is 3.33. The number of rotatable bonds is 4. The fraction of sp³-hybridized carbons (Fsp3) is 0.533. The minimum atomic E-state index is -0.712. The standard InChI is InChI=1S/C15H21NO2/c1-12(15(17)18)16-9-7-14(8-10-16)11-13-5-3-2-4-6-13/h2-6,12,14H,7-11H2,1H3,(H,17,18). The van der Waals surface area contributed by atoms with E-state index >= 15 is 0 Å². The van der Waals surface area contributed by atoms with Crippen molar-refractivity contribution in [2.75, 3.05) is 13.1 Å². The molecule has 3 heteroatoms. The van der Waals surface area contributed by atoms with Gasteiger partial charge in [-0.25, -0.2) is 0 Å². The summed E-state index contributed by atoms with van der Waals surface area (Å²) in [5.41, 5.74) is 1.39. The Labute approximate surface area is 108 Å². The number of carbonyl (C=O) groups is 1. The monoisotopic (exact) mass is 247 g/mol. The molecule has 18 heavy (non-hydrogen) atoms. The van der Waals surface area contributed by atoms with Gasteiger partial charge >= 0.3 is 5.97 Å². The van der Waals surface area contributed by atoms with E-state index in [2.05, 4.69) is 29.2 Å². The Bertz CT molecular complexity index is 383. The van der Waals surface area contributed by atoms with Crippen LogP contribution in [0.15, 0.2) is 30.3 Å². The van der Waals surface area contributed by atoms with Gasteiger partial charge in [0.1, 0.15) is 6.04 Å². The highest BCUT2D eigenvalue weighted by Gasteiger charge is 2.26. The predicted octanol–water partition coefficient (Wildman–Crippen LogP) is 2.41. The van der Waals surface area contributed by atoms with Crippen molar-refractivity contribution >= 4 is 5.97 Å². The summed E-state index contributed by atoms with van der Waals surface area (Å²) in [6, 6.07) is 10.2. The molecular formula is C15H21NO2. The summed E-state index contributed by atoms with van der Waals surface area (Å²) in [5, 5.41) is 8.99. The molecule has 1 unspecified atom stereocenters. The third-order valence-electron chi connectivity index (χ3n) is 3.92. The van der Waals surface area contributed by atoms with Crippen molar-refractivity contribution < 1.29 is 9.90 Å². The first kappa shape index (κ1) is 13.1. The maximum atomic E-state index is 10.9. The van der Waals surface area contributed by atoms with E-state index in [9.17, 15) is 4.79 Å². The minimum Gasteiger partial charge on any atom is -0.480 e. The largest absolute Gasteiger partial charge is 0.480 e. The number of carboxylic acid groups (broad SMARTS) is 1. The van der Waals surface area contributed by atoms with Gasteiger partial charge in [0.25, 0.3) is 0 Å². The van der Waals surface area contributed by atoms with Crippen molar-refractivity contribution in [3.05, 3.63) is 35.9 Å². The average molecular weight is 247 g/mol. The fourth-order valence-corrected chi connectivity index (χ4v) is 2.65. The average Bonchev–Trinajstić information content (AvgIpc) is 2.40. The summed E-state index contributed by atoms with van der Waals surface area (Å²) in [5.74, 6) is -0.0128. The number of hydrogen-bond acceptors (Lipinski definition) is 2. The van der Waals surface area contributed by atoms with Crippen molar-refractivity contribution in [3.8, 4) is 0 Å². The second-order valence-electron chi connectivity index (χ2n) is 5.18. The summed E-state index contributed by atoms with van der Waals surface area (Å²) >= 11 is 0. The molecule has 1 aromatic carbocycles. The van der Waals surface area contributed by atoms with E-state index in [1.165, 1.54) is 5.56 Å². The fourth-order valence-electron chi connectivity index (χ4n) is 2.65. The quantitative estimate of drug-likeness (QED) is 0.888. The first-order valence-corrected chi connectivity index (χ1v) is 6.67. The van der Waals surface area contributed by atoms with Crippen LogP contribution in [0.4, 0.5) is 0 Å². The first-order valence-electron chi connectivity index (χ1n) is 6.67. The van der Waals surface area contributed by atoms with Gasteiger partial charge in [0, 0.05) is 0 Å². The van der Waals surface area contributed by atoms with Crippen molar-refractivity contribution in [2.45, 2.75) is 32.2 Å². The number of aliphatic carboxylic acids is 1. The van der Waals surface area contributed by atoms with Gasteiger partial charge in [-0.2, -0.15) is 0 Å². The summed E-state index contributed by atoms with van der Waals surface area (Å²) < 4.78 is 0. The molecule has 3 nitrogen and oxygen atoms in total. The van der Waals surface area contributed by atoms with Crippen molar-refractivity contribution in [1.29, 1.82) is 0 Å². The van der Waals surface area contributed by atoms with E-state index in [1.807, 2.05) is 6.07 Å². The second kappa shape index (κ2) is 6.01. The van der Waals surface area contributed by atoms with Gasteiger partial charge in [-0.1, -0.05) is 30.3 Å². The Morgan fingerprint density at radius 1 is 1.33 bits per heavy atom. The normalized spacial score (nSPS) is 19.6. The molecule has 0 saturated carbocycles. The zero-order valence-electron chi connectivity index (χ0n) is 10.9. The van der Waals surface area contributed by atoms with Gasteiger partial charge in [-0.05, 0) is 50.8 Å². The molecule has 1 atom stereocenters. The maximum absolute atomic E-state index is 10.9. The molecule has 1 N–H and O–H groups in total. The molecule has 1 heterocycles. The Balaban J connectivity index is 1.82. The molecule has 1 saturated heterocycles. The number of piperidine rings is 1. The number of benzene rings is 1. The predicted molar refractivity (Wildman–Crippen MR) is 71.5 cm³/mol. The minimum absolute atomic E-state index is 0.345. The van der Waals surface area contributed by atoms with E-state index in [1.54, 1.807) is 6.92 Å². The molecule has 0 amide bonds. The van der Waals surface area contributed by atoms with Gasteiger partial charge in [0.2, 0.25) is 0 Å². The third-order valence-corrected chi connectivity index (χ3v) is 3.92. The summed E-state index contributed by atoms with van der Waals surface area (Å²) in [4.78, 5) is 13.0. The Kier molecular flexibility index (Phi) is 4.37. The van der Waals surface area contributed by atoms with Crippen LogP contribution in [0.1, 0.15) is 25.3 Å². The van der Waals surface area contributed by atoms with Crippen LogP contribution in [0, 0.1) is 5.92 Å². The lowest BCUT2D eigenvalue weighted by Crippen LogP contribution is -2.44. The first-order chi connectivity index (χ1) is 8.66. The molecule has 1 aliphatic rings. The van der Waals surface area contributed by atoms with Gasteiger partial charge < -0.3 is 5.11 Å². The van der Waals surface area contributed by atoms with E-state index in [4.69, 9.17) is 5.11 Å². The van der Waals surface area contributed by atoms with E-state index in [0.29, 0.717) is 5.92 Å². The van der Waals surface area contributed by atoms with Crippen molar-refractivity contribution in [2.24, 2.45) is 5.92 Å². The van der Waals surface area contributed by atoms with Gasteiger partial charge in [0.05, 0.1) is 0 Å². The Morgan fingerprint density at radius 2 is 1.94 bits per heavy atom. The van der Waals surface area contributed by atoms with Crippen molar-refractivity contribution in [3.63, 3.8) is 0 Å². The maximum Gasteiger partial charge on any atom is 0.320 e. The summed E-state index contributed by atoms with van der Waals surface area (Å²) in [7, 11) is 0. The van der Waals surface area contributed by atoms with Gasteiger partial charge in [0.15, 0.2) is 0 Å². The molecule has 2 rings (SSSR count). The highest BCUT2D eigenvalue weighted by atomic mass is 16.4. The van der Waals surface area contributed by atoms with Crippen LogP contribution in [-0.4, -0.2) is 35.1 Å². The van der Waals surface area contributed by atoms with Crippen LogP contribution in [0.5, 0.6) is 0 Å². The van der Waals surface area contributed by atoms with Crippen LogP contribution in [-0.2, 0) is 11.2 Å². The Morgan fingerprint density at radius 3 is 2.50 bits per heavy atom. The van der Waals surface area contributed by atoms with Crippen LogP contribution >= 0.6 is 0 Å². The highest BCUT2D eigenvalue weighted by Crippen LogP contribution is 2.22. The van der Waals surface area contributed by atoms with Crippen LogP contribution in [0.25, 0.3) is 0 Å². The molecule has 0 spiro atoms. The number of hydrogen-bond donors (Lipinski definition) is 1. The lowest BCUT2D eigenvalue weighted by Gasteiger charge is -2.34. The SMILES string of the molecule is CC(C(=O)O)N1CCC(Cc2ccccc2)CC1. The van der Waals surface area contributed by atoms with Gasteiger partial charge in [-0.3, -0.25) is 9.69 Å². The molecule has 98 valence electrons. The van der Waals surface area contributed by atoms with Crippen LogP contribution in [0.3, 0.4) is 0 Å². The smallest absolute Gasteiger partial charge is 0.320 e. The molecule has 0 radical (unpaired) electrons. The molecule has 0 aliphatic carbocycles. The topological polar surface area (TPSA) is 40.5 Å². The molecular weight excluding hydrogens is 226 g/mol. The summed E-state index contributed by atoms with van der Waals surface area (Å²) in [6.07, 6.45) is 3.33. The zero-order valence-corrected chi connectivity index (χ0v) is 10.9. The molecule has 1 fully saturated rings. The number of likely N-dealkylation sites (tertiary alicyclic amines) is 1. The van der Waals surface area contributed by atoms with Crippen LogP contribution in [0.2, 0.25) is 0 Å². The molecule has 0 aromatic heterocycles. The summed E-state index contributed by atoms with van der Waals surface area (Å²) in [6.45, 7) is 3.59. The second-order valence-corrected chi connectivity index (χ2v) is 5.18. The van der Waals surface area contributed by atoms with Crippen molar-refractivity contribution in [1.82, 2.24) is 4.90 Å². The van der Waals surface area contributed by atoms with E-state index in [-0.39, 0.29) is 6.04 Å².